The van der Waals surface area contributed by atoms with E-state index in [1.54, 1.807) is 0 Å². The third-order valence-electron chi connectivity index (χ3n) is 4.01. The largest absolute Gasteiger partial charge is 0.385 e. The Morgan fingerprint density at radius 2 is 2.12 bits per heavy atom. The van der Waals surface area contributed by atoms with Crippen LogP contribution in [0.4, 0.5) is 0 Å². The molecule has 1 saturated carbocycles. The van der Waals surface area contributed by atoms with Crippen LogP contribution in [0.1, 0.15) is 36.5 Å². The average molecular weight is 217 g/mol. The summed E-state index contributed by atoms with van der Waals surface area (Å²) in [6.07, 6.45) is 3.01. The van der Waals surface area contributed by atoms with Gasteiger partial charge in [0.05, 0.1) is 5.60 Å². The van der Waals surface area contributed by atoms with E-state index in [9.17, 15) is 5.11 Å². The van der Waals surface area contributed by atoms with Crippen LogP contribution < -0.4 is 0 Å². The Morgan fingerprint density at radius 1 is 1.31 bits per heavy atom. The number of benzene rings is 1. The molecule has 0 aromatic heterocycles. The van der Waals surface area contributed by atoms with Gasteiger partial charge in [0.2, 0.25) is 0 Å². The lowest BCUT2D eigenvalue weighted by Crippen LogP contribution is -2.30. The van der Waals surface area contributed by atoms with E-state index in [0.29, 0.717) is 0 Å². The topological polar surface area (TPSA) is 23.5 Å². The second-order valence-corrected chi connectivity index (χ2v) is 5.13. The number of fused-ring (bicyclic) bond motifs is 1. The van der Waals surface area contributed by atoms with E-state index < -0.39 is 5.60 Å². The molecule has 1 heterocycles. The van der Waals surface area contributed by atoms with Gasteiger partial charge in [-0.1, -0.05) is 25.1 Å². The van der Waals surface area contributed by atoms with E-state index in [1.807, 2.05) is 0 Å². The molecule has 0 radical (unpaired) electrons. The van der Waals surface area contributed by atoms with E-state index >= 15 is 0 Å². The first-order valence-corrected chi connectivity index (χ1v) is 6.28. The molecule has 0 saturated heterocycles. The quantitative estimate of drug-likeness (QED) is 0.819. The molecule has 0 bridgehead atoms. The maximum Gasteiger partial charge on any atom is 0.0899 e. The van der Waals surface area contributed by atoms with Crippen LogP contribution in [-0.4, -0.2) is 23.1 Å². The Kier molecular flexibility index (Phi) is 2.30. The minimum Gasteiger partial charge on any atom is -0.385 e. The minimum absolute atomic E-state index is 0.475. The van der Waals surface area contributed by atoms with Crippen molar-refractivity contribution >= 4 is 0 Å². The summed E-state index contributed by atoms with van der Waals surface area (Å²) in [6.45, 7) is 5.58. The summed E-state index contributed by atoms with van der Waals surface area (Å²) < 4.78 is 0. The smallest absolute Gasteiger partial charge is 0.0899 e. The summed E-state index contributed by atoms with van der Waals surface area (Å²) in [7, 11) is 0. The van der Waals surface area contributed by atoms with Crippen molar-refractivity contribution in [3.63, 3.8) is 0 Å². The van der Waals surface area contributed by atoms with E-state index in [4.69, 9.17) is 0 Å². The molecule has 1 N–H and O–H groups in total. The molecule has 1 aromatic carbocycles. The zero-order valence-corrected chi connectivity index (χ0v) is 9.87. The van der Waals surface area contributed by atoms with E-state index in [0.717, 1.165) is 44.5 Å². The van der Waals surface area contributed by atoms with Crippen molar-refractivity contribution in [2.75, 3.05) is 13.1 Å². The number of likely N-dealkylation sites (N-methyl/N-ethyl adjacent to an activating group) is 1. The van der Waals surface area contributed by atoms with E-state index in [2.05, 4.69) is 30.0 Å². The highest BCUT2D eigenvalue weighted by Crippen LogP contribution is 2.45. The van der Waals surface area contributed by atoms with Crippen molar-refractivity contribution in [2.45, 2.75) is 38.3 Å². The van der Waals surface area contributed by atoms with E-state index in [-0.39, 0.29) is 0 Å². The van der Waals surface area contributed by atoms with Crippen LogP contribution >= 0.6 is 0 Å². The molecular formula is C14H19NO. The van der Waals surface area contributed by atoms with Gasteiger partial charge in [-0.05, 0) is 42.5 Å². The molecule has 0 amide bonds. The SMILES string of the molecule is CCN1CCc2cc(C3(O)CC3)ccc2C1. The van der Waals surface area contributed by atoms with Crippen LogP contribution in [0.25, 0.3) is 0 Å². The summed E-state index contributed by atoms with van der Waals surface area (Å²) >= 11 is 0. The summed E-state index contributed by atoms with van der Waals surface area (Å²) in [6, 6.07) is 6.56. The number of rotatable bonds is 2. The van der Waals surface area contributed by atoms with Gasteiger partial charge in [0.15, 0.2) is 0 Å². The molecule has 86 valence electrons. The fourth-order valence-corrected chi connectivity index (χ4v) is 2.58. The second-order valence-electron chi connectivity index (χ2n) is 5.13. The maximum absolute atomic E-state index is 10.1. The number of hydrogen-bond acceptors (Lipinski definition) is 2. The molecule has 0 unspecified atom stereocenters. The highest BCUT2D eigenvalue weighted by molar-refractivity contribution is 5.38. The predicted octanol–water partition coefficient (Wildman–Crippen LogP) is 2.05. The Bertz CT molecular complexity index is 409. The third kappa shape index (κ3) is 1.66. The molecule has 2 aliphatic rings. The molecule has 3 rings (SSSR count). The van der Waals surface area contributed by atoms with Crippen LogP contribution in [0.2, 0.25) is 0 Å². The average Bonchev–Trinajstić information content (AvgIpc) is 3.07. The molecule has 1 aromatic rings. The van der Waals surface area contributed by atoms with E-state index in [1.165, 1.54) is 11.1 Å². The molecule has 1 fully saturated rings. The molecule has 2 nitrogen and oxygen atoms in total. The second kappa shape index (κ2) is 3.57. The van der Waals surface area contributed by atoms with Crippen molar-refractivity contribution in [2.24, 2.45) is 0 Å². The number of hydrogen-bond donors (Lipinski definition) is 1. The van der Waals surface area contributed by atoms with Crippen LogP contribution in [-0.2, 0) is 18.6 Å². The van der Waals surface area contributed by atoms with Gasteiger partial charge in [-0.2, -0.15) is 0 Å². The zero-order chi connectivity index (χ0) is 11.2. The zero-order valence-electron chi connectivity index (χ0n) is 9.87. The summed E-state index contributed by atoms with van der Waals surface area (Å²) in [5.74, 6) is 0. The predicted molar refractivity (Wildman–Crippen MR) is 64.2 cm³/mol. The molecular weight excluding hydrogens is 198 g/mol. The Morgan fingerprint density at radius 3 is 2.81 bits per heavy atom. The first kappa shape index (κ1) is 10.3. The molecule has 0 atom stereocenters. The molecule has 2 heteroatoms. The highest BCUT2D eigenvalue weighted by atomic mass is 16.3. The molecule has 16 heavy (non-hydrogen) atoms. The Labute approximate surface area is 96.9 Å². The molecule has 1 aliphatic carbocycles. The van der Waals surface area contributed by atoms with Gasteiger partial charge in [0, 0.05) is 13.1 Å². The van der Waals surface area contributed by atoms with Gasteiger partial charge in [-0.3, -0.25) is 4.90 Å². The summed E-state index contributed by atoms with van der Waals surface area (Å²) in [5, 5.41) is 10.1. The third-order valence-corrected chi connectivity index (χ3v) is 4.01. The maximum atomic E-state index is 10.1. The van der Waals surface area contributed by atoms with Crippen molar-refractivity contribution in [3.8, 4) is 0 Å². The van der Waals surface area contributed by atoms with Gasteiger partial charge in [-0.25, -0.2) is 0 Å². The standard InChI is InChI=1S/C14H19NO/c1-2-15-8-5-11-9-13(14(16)6-7-14)4-3-12(11)10-15/h3-4,9,16H,2,5-8,10H2,1H3. The lowest BCUT2D eigenvalue weighted by Gasteiger charge is -2.28. The minimum atomic E-state index is -0.475. The number of nitrogens with zero attached hydrogens (tertiary/aromatic N) is 1. The number of aliphatic hydroxyl groups is 1. The van der Waals surface area contributed by atoms with Crippen LogP contribution in [0.15, 0.2) is 18.2 Å². The first-order valence-electron chi connectivity index (χ1n) is 6.28. The fraction of sp³-hybridized carbons (Fsp3) is 0.571. The molecule has 0 spiro atoms. The van der Waals surface area contributed by atoms with Crippen molar-refractivity contribution in [1.82, 2.24) is 4.90 Å². The highest BCUT2D eigenvalue weighted by Gasteiger charge is 2.42. The van der Waals surface area contributed by atoms with Crippen molar-refractivity contribution in [3.05, 3.63) is 34.9 Å². The van der Waals surface area contributed by atoms with Crippen molar-refractivity contribution in [1.29, 1.82) is 0 Å². The van der Waals surface area contributed by atoms with Crippen LogP contribution in [0.3, 0.4) is 0 Å². The van der Waals surface area contributed by atoms with Gasteiger partial charge in [0.1, 0.15) is 0 Å². The normalized spacial score (nSPS) is 22.9. The monoisotopic (exact) mass is 217 g/mol. The Balaban J connectivity index is 1.89. The first-order chi connectivity index (χ1) is 7.71. The van der Waals surface area contributed by atoms with Gasteiger partial charge in [-0.15, -0.1) is 0 Å². The lowest BCUT2D eigenvalue weighted by molar-refractivity contribution is 0.151. The van der Waals surface area contributed by atoms with Gasteiger partial charge < -0.3 is 5.11 Å². The Hall–Kier alpha value is -0.860. The molecule has 1 aliphatic heterocycles. The van der Waals surface area contributed by atoms with Crippen LogP contribution in [0, 0.1) is 0 Å². The van der Waals surface area contributed by atoms with Crippen LogP contribution in [0.5, 0.6) is 0 Å². The van der Waals surface area contributed by atoms with Gasteiger partial charge in [0.25, 0.3) is 0 Å². The summed E-state index contributed by atoms with van der Waals surface area (Å²) in [4.78, 5) is 2.47. The fourth-order valence-electron chi connectivity index (χ4n) is 2.58. The summed E-state index contributed by atoms with van der Waals surface area (Å²) in [5.41, 5.74) is 3.55. The van der Waals surface area contributed by atoms with Gasteiger partial charge >= 0.3 is 0 Å². The lowest BCUT2D eigenvalue weighted by atomic mass is 9.95. The van der Waals surface area contributed by atoms with Crippen molar-refractivity contribution < 1.29 is 5.11 Å².